The molecule has 0 saturated carbocycles. The van der Waals surface area contributed by atoms with Crippen LogP contribution >= 0.6 is 11.8 Å². The Balaban J connectivity index is 1.60. The van der Waals surface area contributed by atoms with E-state index in [0.29, 0.717) is 27.6 Å². The number of para-hydroxylation sites is 1. The topological polar surface area (TPSA) is 98.6 Å². The lowest BCUT2D eigenvalue weighted by atomic mass is 10.1. The van der Waals surface area contributed by atoms with E-state index in [2.05, 4.69) is 25.5 Å². The Bertz CT molecular complexity index is 1150. The normalized spacial score (nSPS) is 11.0. The van der Waals surface area contributed by atoms with E-state index in [1.165, 1.54) is 11.8 Å². The highest BCUT2D eigenvalue weighted by Crippen LogP contribution is 2.23. The van der Waals surface area contributed by atoms with Gasteiger partial charge in [-0.15, -0.1) is 5.10 Å². The van der Waals surface area contributed by atoms with Gasteiger partial charge in [0, 0.05) is 0 Å². The van der Waals surface area contributed by atoms with Crippen LogP contribution in [0.3, 0.4) is 0 Å². The minimum absolute atomic E-state index is 0.144. The SMILES string of the molecule is COc1ccc(-n2nnnc2SCc2nc3c(C)cccc3c(=O)[nH]2)cc1. The fourth-order valence-electron chi connectivity index (χ4n) is 2.71. The summed E-state index contributed by atoms with van der Waals surface area (Å²) in [5.74, 6) is 1.78. The van der Waals surface area contributed by atoms with Gasteiger partial charge in [-0.1, -0.05) is 23.9 Å². The molecule has 9 heteroatoms. The number of rotatable bonds is 5. The number of nitrogens with one attached hydrogen (secondary N) is 1. The van der Waals surface area contributed by atoms with Crippen molar-refractivity contribution >= 4 is 22.7 Å². The van der Waals surface area contributed by atoms with Gasteiger partial charge in [-0.05, 0) is 53.2 Å². The number of aromatic amines is 1. The van der Waals surface area contributed by atoms with Crippen LogP contribution in [0.5, 0.6) is 5.75 Å². The number of methoxy groups -OCH3 is 1. The molecule has 4 rings (SSSR count). The third-order valence-corrected chi connectivity index (χ3v) is 5.01. The van der Waals surface area contributed by atoms with E-state index in [4.69, 9.17) is 4.74 Å². The molecular weight excluding hydrogens is 364 g/mol. The van der Waals surface area contributed by atoms with Crippen molar-refractivity contribution in [2.75, 3.05) is 7.11 Å². The summed E-state index contributed by atoms with van der Waals surface area (Å²) < 4.78 is 6.80. The van der Waals surface area contributed by atoms with Crippen LogP contribution in [0.25, 0.3) is 16.6 Å². The Morgan fingerprint density at radius 1 is 1.19 bits per heavy atom. The molecule has 0 aliphatic carbocycles. The predicted octanol–water partition coefficient (Wildman–Crippen LogP) is 2.51. The van der Waals surface area contributed by atoms with Crippen molar-refractivity contribution in [1.29, 1.82) is 0 Å². The van der Waals surface area contributed by atoms with Gasteiger partial charge in [-0.3, -0.25) is 4.79 Å². The number of hydrogen-bond donors (Lipinski definition) is 1. The molecule has 0 radical (unpaired) electrons. The molecule has 27 heavy (non-hydrogen) atoms. The van der Waals surface area contributed by atoms with E-state index in [9.17, 15) is 4.79 Å². The van der Waals surface area contributed by atoms with E-state index in [1.54, 1.807) is 17.9 Å². The fraction of sp³-hybridized carbons (Fsp3) is 0.167. The van der Waals surface area contributed by atoms with Gasteiger partial charge >= 0.3 is 0 Å². The average molecular weight is 380 g/mol. The summed E-state index contributed by atoms with van der Waals surface area (Å²) in [6.45, 7) is 1.94. The van der Waals surface area contributed by atoms with Gasteiger partial charge in [-0.25, -0.2) is 4.98 Å². The number of tetrazole rings is 1. The Morgan fingerprint density at radius 2 is 2.00 bits per heavy atom. The molecule has 4 aromatic rings. The quantitative estimate of drug-likeness (QED) is 0.531. The number of hydrogen-bond acceptors (Lipinski definition) is 7. The van der Waals surface area contributed by atoms with Crippen LogP contribution in [0.2, 0.25) is 0 Å². The summed E-state index contributed by atoms with van der Waals surface area (Å²) in [4.78, 5) is 19.7. The van der Waals surface area contributed by atoms with E-state index >= 15 is 0 Å². The zero-order valence-electron chi connectivity index (χ0n) is 14.7. The first-order valence-electron chi connectivity index (χ1n) is 8.20. The monoisotopic (exact) mass is 380 g/mol. The van der Waals surface area contributed by atoms with E-state index < -0.39 is 0 Å². The standard InChI is InChI=1S/C18H16N6O2S/c1-11-4-3-5-14-16(11)19-15(20-17(14)25)10-27-18-21-22-23-24(18)12-6-8-13(26-2)9-7-12/h3-9H,10H2,1-2H3,(H,19,20,25). The second-order valence-corrected chi connectivity index (χ2v) is 6.79. The van der Waals surface area contributed by atoms with Crippen molar-refractivity contribution in [2.45, 2.75) is 17.8 Å². The van der Waals surface area contributed by atoms with Crippen molar-refractivity contribution in [1.82, 2.24) is 30.2 Å². The summed E-state index contributed by atoms with van der Waals surface area (Å²) in [5.41, 5.74) is 2.35. The molecule has 2 heterocycles. The molecule has 0 aliphatic rings. The second kappa shape index (κ2) is 7.20. The summed E-state index contributed by atoms with van der Waals surface area (Å²) in [6, 6.07) is 13.0. The lowest BCUT2D eigenvalue weighted by Gasteiger charge is -2.06. The molecule has 0 bridgehead atoms. The molecule has 0 saturated heterocycles. The summed E-state index contributed by atoms with van der Waals surface area (Å²) in [6.07, 6.45) is 0. The van der Waals surface area contributed by atoms with Gasteiger partial charge in [0.2, 0.25) is 5.16 Å². The molecule has 8 nitrogen and oxygen atoms in total. The van der Waals surface area contributed by atoms with Crippen molar-refractivity contribution in [2.24, 2.45) is 0 Å². The zero-order valence-corrected chi connectivity index (χ0v) is 15.5. The molecule has 0 fully saturated rings. The highest BCUT2D eigenvalue weighted by molar-refractivity contribution is 7.98. The first-order valence-corrected chi connectivity index (χ1v) is 9.18. The van der Waals surface area contributed by atoms with Crippen LogP contribution in [0.15, 0.2) is 52.4 Å². The molecule has 2 aromatic heterocycles. The smallest absolute Gasteiger partial charge is 0.258 e. The number of benzene rings is 2. The van der Waals surface area contributed by atoms with Gasteiger partial charge in [0.1, 0.15) is 11.6 Å². The van der Waals surface area contributed by atoms with Gasteiger partial charge in [0.15, 0.2) is 0 Å². The summed E-state index contributed by atoms with van der Waals surface area (Å²) in [7, 11) is 1.62. The first-order chi connectivity index (χ1) is 13.2. The van der Waals surface area contributed by atoms with E-state index in [1.807, 2.05) is 43.3 Å². The molecular formula is C18H16N6O2S. The molecule has 1 N–H and O–H groups in total. The van der Waals surface area contributed by atoms with Crippen molar-refractivity contribution < 1.29 is 4.74 Å². The van der Waals surface area contributed by atoms with Crippen LogP contribution < -0.4 is 10.3 Å². The van der Waals surface area contributed by atoms with Crippen molar-refractivity contribution in [3.63, 3.8) is 0 Å². The largest absolute Gasteiger partial charge is 0.497 e. The Morgan fingerprint density at radius 3 is 2.78 bits per heavy atom. The first kappa shape index (κ1) is 17.2. The minimum Gasteiger partial charge on any atom is -0.497 e. The molecule has 136 valence electrons. The average Bonchev–Trinajstić information content (AvgIpc) is 3.16. The third-order valence-electron chi connectivity index (χ3n) is 4.08. The predicted molar refractivity (Wildman–Crippen MR) is 102 cm³/mol. The van der Waals surface area contributed by atoms with Crippen molar-refractivity contribution in [3.8, 4) is 11.4 Å². The van der Waals surface area contributed by atoms with Crippen LogP contribution in [0, 0.1) is 6.92 Å². The van der Waals surface area contributed by atoms with Crippen LogP contribution in [-0.2, 0) is 5.75 Å². The van der Waals surface area contributed by atoms with Crippen LogP contribution in [-0.4, -0.2) is 37.3 Å². The molecule has 0 amide bonds. The highest BCUT2D eigenvalue weighted by Gasteiger charge is 2.12. The molecule has 0 atom stereocenters. The molecule has 2 aromatic carbocycles. The summed E-state index contributed by atoms with van der Waals surface area (Å²) >= 11 is 1.40. The van der Waals surface area contributed by atoms with Crippen LogP contribution in [0.1, 0.15) is 11.4 Å². The minimum atomic E-state index is -0.144. The van der Waals surface area contributed by atoms with Gasteiger partial charge in [0.25, 0.3) is 5.56 Å². The number of H-pyrrole nitrogens is 1. The Labute approximate surface area is 158 Å². The number of thioether (sulfide) groups is 1. The van der Waals surface area contributed by atoms with Gasteiger partial charge in [-0.2, -0.15) is 4.68 Å². The number of nitrogens with zero attached hydrogens (tertiary/aromatic N) is 5. The lowest BCUT2D eigenvalue weighted by Crippen LogP contribution is -2.12. The number of aromatic nitrogens is 6. The van der Waals surface area contributed by atoms with Gasteiger partial charge < -0.3 is 9.72 Å². The van der Waals surface area contributed by atoms with Crippen molar-refractivity contribution in [3.05, 3.63) is 64.2 Å². The maximum absolute atomic E-state index is 12.3. The Kier molecular flexibility index (Phi) is 4.59. The number of aryl methyl sites for hydroxylation is 1. The number of fused-ring (bicyclic) bond motifs is 1. The maximum Gasteiger partial charge on any atom is 0.258 e. The molecule has 0 unspecified atom stereocenters. The van der Waals surface area contributed by atoms with E-state index in [0.717, 1.165) is 17.0 Å². The van der Waals surface area contributed by atoms with Gasteiger partial charge in [0.05, 0.1) is 29.5 Å². The number of ether oxygens (including phenoxy) is 1. The molecule has 0 aliphatic heterocycles. The molecule has 0 spiro atoms. The zero-order chi connectivity index (χ0) is 18.8. The third kappa shape index (κ3) is 3.41. The fourth-order valence-corrected chi connectivity index (χ4v) is 3.47. The second-order valence-electron chi connectivity index (χ2n) is 5.84. The summed E-state index contributed by atoms with van der Waals surface area (Å²) in [5, 5.41) is 13.1. The maximum atomic E-state index is 12.3. The van der Waals surface area contributed by atoms with Crippen LogP contribution in [0.4, 0.5) is 0 Å². The Hall–Kier alpha value is -3.20. The highest BCUT2D eigenvalue weighted by atomic mass is 32.2. The van der Waals surface area contributed by atoms with E-state index in [-0.39, 0.29) is 5.56 Å². The lowest BCUT2D eigenvalue weighted by molar-refractivity contribution is 0.414.